The average Bonchev–Trinajstić information content (AvgIpc) is 3.30. The Morgan fingerprint density at radius 1 is 1.44 bits per heavy atom. The lowest BCUT2D eigenvalue weighted by molar-refractivity contribution is -0.136. The Kier molecular flexibility index (Phi) is 4.65. The van der Waals surface area contributed by atoms with Crippen LogP contribution < -0.4 is 5.56 Å². The van der Waals surface area contributed by atoms with Gasteiger partial charge in [-0.15, -0.1) is 11.3 Å². The quantitative estimate of drug-likeness (QED) is 0.648. The fraction of sp³-hybridized carbons (Fsp3) is 0.353. The predicted octanol–water partition coefficient (Wildman–Crippen LogP) is 4.38. The number of ether oxygens (including phenoxy) is 1. The molecule has 4 heterocycles. The second-order valence-electron chi connectivity index (χ2n) is 6.23. The molecule has 1 saturated heterocycles. The van der Waals surface area contributed by atoms with Crippen molar-refractivity contribution in [1.29, 1.82) is 0 Å². The minimum Gasteiger partial charge on any atom is -0.376 e. The van der Waals surface area contributed by atoms with Crippen molar-refractivity contribution in [3.8, 4) is 10.6 Å². The number of thiophene rings is 1. The summed E-state index contributed by atoms with van der Waals surface area (Å²) in [4.78, 5) is 19.7. The molecule has 0 aliphatic carbocycles. The number of halogens is 3. The van der Waals surface area contributed by atoms with E-state index in [9.17, 15) is 18.0 Å². The maximum atomic E-state index is 13.7. The Morgan fingerprint density at radius 3 is 2.89 bits per heavy atom. The number of H-pyrrole nitrogens is 1. The number of hydrogen-bond acceptors (Lipinski definition) is 5. The molecule has 3 aromatic rings. The SMILES string of the molecule is O=c1[nH]c(=S)n(C[C@H]2CCCO2)c2nc(-c3cccs3)cc(C(F)(F)F)c12. The van der Waals surface area contributed by atoms with Gasteiger partial charge in [-0.25, -0.2) is 4.98 Å². The van der Waals surface area contributed by atoms with Gasteiger partial charge in [-0.3, -0.25) is 14.3 Å². The molecule has 1 atom stereocenters. The van der Waals surface area contributed by atoms with Crippen LogP contribution in [-0.4, -0.2) is 27.2 Å². The number of alkyl halides is 3. The van der Waals surface area contributed by atoms with Gasteiger partial charge in [-0.1, -0.05) is 6.07 Å². The van der Waals surface area contributed by atoms with Gasteiger partial charge < -0.3 is 4.74 Å². The van der Waals surface area contributed by atoms with Gasteiger partial charge in [0.15, 0.2) is 4.77 Å². The van der Waals surface area contributed by atoms with E-state index < -0.39 is 22.7 Å². The van der Waals surface area contributed by atoms with Crippen molar-refractivity contribution in [2.75, 3.05) is 6.61 Å². The van der Waals surface area contributed by atoms with E-state index in [0.29, 0.717) is 11.5 Å². The minimum atomic E-state index is -4.70. The number of pyridine rings is 1. The van der Waals surface area contributed by atoms with Crippen LogP contribution in [0, 0.1) is 4.77 Å². The molecular formula is C17H14F3N3O2S2. The summed E-state index contributed by atoms with van der Waals surface area (Å²) in [5, 5.41) is 1.25. The zero-order valence-corrected chi connectivity index (χ0v) is 15.5. The molecule has 0 radical (unpaired) electrons. The normalized spacial score (nSPS) is 17.7. The number of hydrogen-bond donors (Lipinski definition) is 1. The Bertz CT molecular complexity index is 1100. The minimum absolute atomic E-state index is 0.0342. The summed E-state index contributed by atoms with van der Waals surface area (Å²) in [6, 6.07) is 4.34. The number of aromatic nitrogens is 3. The number of fused-ring (bicyclic) bond motifs is 1. The lowest BCUT2D eigenvalue weighted by Gasteiger charge is -2.17. The molecule has 0 bridgehead atoms. The summed E-state index contributed by atoms with van der Waals surface area (Å²) < 4.78 is 48.2. The highest BCUT2D eigenvalue weighted by Crippen LogP contribution is 2.36. The van der Waals surface area contributed by atoms with Crippen LogP contribution in [0.4, 0.5) is 13.2 Å². The van der Waals surface area contributed by atoms with Gasteiger partial charge >= 0.3 is 6.18 Å². The van der Waals surface area contributed by atoms with E-state index in [1.165, 1.54) is 15.9 Å². The summed E-state index contributed by atoms with van der Waals surface area (Å²) in [5.74, 6) is 0. The molecule has 1 aliphatic heterocycles. The standard InChI is InChI=1S/C17H14F3N3O2S2/c18-17(19,20)10-7-11(12-4-2-6-27-12)21-14-13(10)15(24)22-16(26)23(14)8-9-3-1-5-25-9/h2,4,6-7,9H,1,3,5,8H2,(H,22,24,26)/t9-/m1/s1. The summed E-state index contributed by atoms with van der Waals surface area (Å²) >= 11 is 6.49. The van der Waals surface area contributed by atoms with E-state index in [4.69, 9.17) is 17.0 Å². The van der Waals surface area contributed by atoms with Gasteiger partial charge in [0.05, 0.1) is 34.2 Å². The summed E-state index contributed by atoms with van der Waals surface area (Å²) in [6.45, 7) is 0.839. The van der Waals surface area contributed by atoms with Gasteiger partial charge in [0, 0.05) is 6.61 Å². The molecule has 27 heavy (non-hydrogen) atoms. The van der Waals surface area contributed by atoms with Crippen molar-refractivity contribution in [2.45, 2.75) is 31.7 Å². The first-order chi connectivity index (χ1) is 12.8. The fourth-order valence-corrected chi connectivity index (χ4v) is 4.15. The molecule has 0 saturated carbocycles. The first-order valence-electron chi connectivity index (χ1n) is 8.25. The van der Waals surface area contributed by atoms with E-state index in [1.807, 2.05) is 0 Å². The largest absolute Gasteiger partial charge is 0.417 e. The maximum Gasteiger partial charge on any atom is 0.417 e. The molecule has 0 spiro atoms. The predicted molar refractivity (Wildman–Crippen MR) is 98.5 cm³/mol. The van der Waals surface area contributed by atoms with Crippen LogP contribution in [-0.2, 0) is 17.5 Å². The molecule has 0 amide bonds. The molecule has 5 nitrogen and oxygen atoms in total. The highest BCUT2D eigenvalue weighted by Gasteiger charge is 2.36. The number of rotatable bonds is 3. The van der Waals surface area contributed by atoms with E-state index in [1.54, 1.807) is 17.5 Å². The van der Waals surface area contributed by atoms with Crippen molar-refractivity contribution >= 4 is 34.6 Å². The fourth-order valence-electron chi connectivity index (χ4n) is 3.21. The van der Waals surface area contributed by atoms with Gasteiger partial charge in [0.2, 0.25) is 0 Å². The molecule has 0 aromatic carbocycles. The van der Waals surface area contributed by atoms with Crippen molar-refractivity contribution < 1.29 is 17.9 Å². The van der Waals surface area contributed by atoms with Gasteiger partial charge in [-0.05, 0) is 42.6 Å². The smallest absolute Gasteiger partial charge is 0.376 e. The maximum absolute atomic E-state index is 13.7. The van der Waals surface area contributed by atoms with Crippen LogP contribution in [0.2, 0.25) is 0 Å². The number of aromatic amines is 1. The van der Waals surface area contributed by atoms with Gasteiger partial charge in [-0.2, -0.15) is 13.2 Å². The summed E-state index contributed by atoms with van der Waals surface area (Å²) in [7, 11) is 0. The molecule has 10 heteroatoms. The molecule has 4 rings (SSSR count). The van der Waals surface area contributed by atoms with Gasteiger partial charge in [0.25, 0.3) is 5.56 Å². The second kappa shape index (κ2) is 6.84. The number of nitrogens with one attached hydrogen (secondary N) is 1. The van der Waals surface area contributed by atoms with Crippen LogP contribution in [0.1, 0.15) is 18.4 Å². The average molecular weight is 413 g/mol. The highest BCUT2D eigenvalue weighted by molar-refractivity contribution is 7.71. The first kappa shape index (κ1) is 18.3. The van der Waals surface area contributed by atoms with E-state index in [2.05, 4.69) is 9.97 Å². The van der Waals surface area contributed by atoms with Crippen LogP contribution >= 0.6 is 23.6 Å². The molecule has 3 aromatic heterocycles. The van der Waals surface area contributed by atoms with Crippen molar-refractivity contribution in [2.24, 2.45) is 0 Å². The molecule has 0 unspecified atom stereocenters. The monoisotopic (exact) mass is 413 g/mol. The third-order valence-electron chi connectivity index (χ3n) is 4.44. The number of nitrogens with zero attached hydrogens (tertiary/aromatic N) is 2. The van der Waals surface area contributed by atoms with Crippen molar-refractivity contribution in [3.63, 3.8) is 0 Å². The third-order valence-corrected chi connectivity index (χ3v) is 5.65. The molecule has 1 aliphatic rings. The van der Waals surface area contributed by atoms with Crippen molar-refractivity contribution in [3.05, 3.63) is 44.3 Å². The van der Waals surface area contributed by atoms with E-state index >= 15 is 0 Å². The Balaban J connectivity index is 2.04. The van der Waals surface area contributed by atoms with Crippen molar-refractivity contribution in [1.82, 2.24) is 14.5 Å². The second-order valence-corrected chi connectivity index (χ2v) is 7.57. The molecule has 1 N–H and O–H groups in total. The highest BCUT2D eigenvalue weighted by atomic mass is 32.1. The zero-order chi connectivity index (χ0) is 19.2. The van der Waals surface area contributed by atoms with Gasteiger partial charge in [0.1, 0.15) is 5.65 Å². The van der Waals surface area contributed by atoms with Crippen LogP contribution in [0.5, 0.6) is 0 Å². The lowest BCUT2D eigenvalue weighted by Crippen LogP contribution is -2.24. The van der Waals surface area contributed by atoms with Crippen LogP contribution in [0.3, 0.4) is 0 Å². The molecule has 142 valence electrons. The lowest BCUT2D eigenvalue weighted by atomic mass is 10.1. The Labute approximate surface area is 160 Å². The van der Waals surface area contributed by atoms with E-state index in [0.717, 1.165) is 18.9 Å². The topological polar surface area (TPSA) is 59.9 Å². The Morgan fingerprint density at radius 2 is 2.26 bits per heavy atom. The molecular weight excluding hydrogens is 399 g/mol. The first-order valence-corrected chi connectivity index (χ1v) is 9.54. The summed E-state index contributed by atoms with van der Waals surface area (Å²) in [5.41, 5.74) is -1.83. The van der Waals surface area contributed by atoms with Crippen LogP contribution in [0.15, 0.2) is 28.4 Å². The Hall–Kier alpha value is -2.04. The van der Waals surface area contributed by atoms with E-state index in [-0.39, 0.29) is 28.8 Å². The summed E-state index contributed by atoms with van der Waals surface area (Å²) in [6.07, 6.45) is -3.22. The van der Waals surface area contributed by atoms with Crippen LogP contribution in [0.25, 0.3) is 21.6 Å². The zero-order valence-electron chi connectivity index (χ0n) is 13.9. The molecule has 1 fully saturated rings. The third kappa shape index (κ3) is 3.44.